The molecule has 114 valence electrons. The number of likely N-dealkylation sites (tertiary alicyclic amines) is 1. The number of nitrogens with zero attached hydrogens (tertiary/aromatic N) is 1. The van der Waals surface area contributed by atoms with Gasteiger partial charge < -0.3 is 10.2 Å². The highest BCUT2D eigenvalue weighted by Gasteiger charge is 2.24. The second-order valence-electron chi connectivity index (χ2n) is 6.34. The zero-order valence-electron chi connectivity index (χ0n) is 13.3. The fraction of sp³-hybridized carbons (Fsp3) is 0.765. The first-order valence-corrected chi connectivity index (χ1v) is 9.07. The minimum absolute atomic E-state index is 0.574. The van der Waals surface area contributed by atoms with Crippen LogP contribution in [0.2, 0.25) is 0 Å². The molecular formula is C17H30N2S. The van der Waals surface area contributed by atoms with Crippen molar-refractivity contribution in [1.82, 2.24) is 10.2 Å². The van der Waals surface area contributed by atoms with Crippen molar-refractivity contribution in [2.75, 3.05) is 19.6 Å². The van der Waals surface area contributed by atoms with Crippen LogP contribution in [0.15, 0.2) is 17.5 Å². The monoisotopic (exact) mass is 294 g/mol. The molecule has 0 amide bonds. The minimum Gasteiger partial charge on any atom is -0.311 e. The first-order valence-electron chi connectivity index (χ1n) is 8.19. The molecule has 1 aliphatic heterocycles. The van der Waals surface area contributed by atoms with Gasteiger partial charge in [0.15, 0.2) is 0 Å². The average Bonchev–Trinajstić information content (AvgIpc) is 2.92. The lowest BCUT2D eigenvalue weighted by Gasteiger charge is -2.37. The third kappa shape index (κ3) is 4.87. The number of thiophene rings is 1. The molecule has 1 N–H and O–H groups in total. The van der Waals surface area contributed by atoms with Gasteiger partial charge in [0.1, 0.15) is 0 Å². The highest BCUT2D eigenvalue weighted by molar-refractivity contribution is 7.09. The van der Waals surface area contributed by atoms with Crippen LogP contribution in [-0.2, 0) is 6.42 Å². The third-order valence-corrected chi connectivity index (χ3v) is 5.32. The maximum atomic E-state index is 3.83. The minimum atomic E-state index is 0.574. The number of piperidine rings is 1. The van der Waals surface area contributed by atoms with Gasteiger partial charge in [0.05, 0.1) is 0 Å². The van der Waals surface area contributed by atoms with Crippen LogP contribution in [0.5, 0.6) is 0 Å². The van der Waals surface area contributed by atoms with Crippen LogP contribution in [-0.4, -0.2) is 36.6 Å². The lowest BCUT2D eigenvalue weighted by molar-refractivity contribution is 0.147. The van der Waals surface area contributed by atoms with Crippen molar-refractivity contribution >= 4 is 11.3 Å². The second-order valence-corrected chi connectivity index (χ2v) is 7.38. The van der Waals surface area contributed by atoms with E-state index in [0.717, 1.165) is 12.3 Å². The van der Waals surface area contributed by atoms with Crippen LogP contribution in [0.1, 0.15) is 44.9 Å². The predicted molar refractivity (Wildman–Crippen MR) is 89.5 cm³/mol. The molecule has 2 rings (SSSR count). The van der Waals surface area contributed by atoms with Crippen molar-refractivity contribution in [2.45, 2.75) is 58.5 Å². The summed E-state index contributed by atoms with van der Waals surface area (Å²) < 4.78 is 0. The van der Waals surface area contributed by atoms with E-state index in [1.54, 1.807) is 0 Å². The molecule has 1 aromatic heterocycles. The smallest absolute Gasteiger partial charge is 0.00896 e. The lowest BCUT2D eigenvalue weighted by atomic mass is 9.91. The summed E-state index contributed by atoms with van der Waals surface area (Å²) in [5.41, 5.74) is 0. The van der Waals surface area contributed by atoms with E-state index in [-0.39, 0.29) is 0 Å². The van der Waals surface area contributed by atoms with E-state index in [4.69, 9.17) is 0 Å². The maximum Gasteiger partial charge on any atom is 0.00896 e. The first kappa shape index (κ1) is 16.0. The molecule has 0 radical (unpaired) electrons. The van der Waals surface area contributed by atoms with E-state index < -0.39 is 0 Å². The summed E-state index contributed by atoms with van der Waals surface area (Å²) in [6.45, 7) is 10.9. The standard InChI is InChI=1S/C17H30N2S/c1-4-9-19-10-5-7-16(13-19)15(3)18-14(2)12-17-8-6-11-20-17/h6,8,11,14-16,18H,4-5,7,9-10,12-13H2,1-3H3. The van der Waals surface area contributed by atoms with Crippen molar-refractivity contribution in [3.63, 3.8) is 0 Å². The van der Waals surface area contributed by atoms with Crippen LogP contribution < -0.4 is 5.32 Å². The van der Waals surface area contributed by atoms with Crippen LogP contribution >= 0.6 is 11.3 Å². The summed E-state index contributed by atoms with van der Waals surface area (Å²) in [7, 11) is 0. The molecule has 1 aliphatic rings. The number of nitrogens with one attached hydrogen (secondary N) is 1. The molecule has 0 bridgehead atoms. The van der Waals surface area contributed by atoms with Crippen molar-refractivity contribution in [2.24, 2.45) is 5.92 Å². The van der Waals surface area contributed by atoms with E-state index in [1.807, 2.05) is 11.3 Å². The molecule has 0 aromatic carbocycles. The molecular weight excluding hydrogens is 264 g/mol. The summed E-state index contributed by atoms with van der Waals surface area (Å²) in [5.74, 6) is 0.820. The van der Waals surface area contributed by atoms with Crippen molar-refractivity contribution < 1.29 is 0 Å². The van der Waals surface area contributed by atoms with Gasteiger partial charge in [-0.2, -0.15) is 0 Å². The Morgan fingerprint density at radius 3 is 3.00 bits per heavy atom. The van der Waals surface area contributed by atoms with Crippen LogP contribution in [0.3, 0.4) is 0 Å². The molecule has 3 atom stereocenters. The van der Waals surface area contributed by atoms with Crippen molar-refractivity contribution in [3.05, 3.63) is 22.4 Å². The Morgan fingerprint density at radius 1 is 1.45 bits per heavy atom. The van der Waals surface area contributed by atoms with Gasteiger partial charge in [0.25, 0.3) is 0 Å². The Labute approximate surface area is 128 Å². The summed E-state index contributed by atoms with van der Waals surface area (Å²) in [6.07, 6.45) is 5.20. The summed E-state index contributed by atoms with van der Waals surface area (Å²) in [5, 5.41) is 6.01. The quantitative estimate of drug-likeness (QED) is 0.823. The number of hydrogen-bond donors (Lipinski definition) is 1. The third-order valence-electron chi connectivity index (χ3n) is 4.42. The molecule has 3 heteroatoms. The van der Waals surface area contributed by atoms with E-state index in [1.165, 1.54) is 43.8 Å². The van der Waals surface area contributed by atoms with E-state index >= 15 is 0 Å². The number of rotatable bonds is 7. The Morgan fingerprint density at radius 2 is 2.30 bits per heavy atom. The maximum absolute atomic E-state index is 3.83. The van der Waals surface area contributed by atoms with Gasteiger partial charge in [-0.15, -0.1) is 11.3 Å². The summed E-state index contributed by atoms with van der Waals surface area (Å²) in [6, 6.07) is 5.60. The van der Waals surface area contributed by atoms with Gasteiger partial charge in [0, 0.05) is 23.5 Å². The summed E-state index contributed by atoms with van der Waals surface area (Å²) >= 11 is 1.87. The molecule has 1 aromatic rings. The molecule has 1 saturated heterocycles. The number of hydrogen-bond acceptors (Lipinski definition) is 3. The molecule has 0 saturated carbocycles. The van der Waals surface area contributed by atoms with Gasteiger partial charge in [-0.1, -0.05) is 13.0 Å². The molecule has 3 unspecified atom stereocenters. The molecule has 2 nitrogen and oxygen atoms in total. The largest absolute Gasteiger partial charge is 0.311 e. The topological polar surface area (TPSA) is 15.3 Å². The van der Waals surface area contributed by atoms with Crippen molar-refractivity contribution in [3.8, 4) is 0 Å². The van der Waals surface area contributed by atoms with Crippen LogP contribution in [0.25, 0.3) is 0 Å². The fourth-order valence-corrected chi connectivity index (χ4v) is 4.23. The highest BCUT2D eigenvalue weighted by Crippen LogP contribution is 2.21. The molecule has 1 fully saturated rings. The molecule has 2 heterocycles. The zero-order valence-corrected chi connectivity index (χ0v) is 14.1. The van der Waals surface area contributed by atoms with E-state index in [2.05, 4.69) is 48.5 Å². The van der Waals surface area contributed by atoms with E-state index in [9.17, 15) is 0 Å². The average molecular weight is 295 g/mol. The normalized spacial score (nSPS) is 23.6. The highest BCUT2D eigenvalue weighted by atomic mass is 32.1. The Hall–Kier alpha value is -0.380. The van der Waals surface area contributed by atoms with Gasteiger partial charge in [-0.25, -0.2) is 0 Å². The first-order chi connectivity index (χ1) is 9.69. The molecule has 0 spiro atoms. The van der Waals surface area contributed by atoms with Crippen LogP contribution in [0.4, 0.5) is 0 Å². The Balaban J connectivity index is 1.76. The Bertz CT molecular complexity index is 361. The van der Waals surface area contributed by atoms with Gasteiger partial charge in [-0.3, -0.25) is 0 Å². The predicted octanol–water partition coefficient (Wildman–Crippen LogP) is 3.78. The SMILES string of the molecule is CCCN1CCCC(C(C)NC(C)Cc2cccs2)C1. The van der Waals surface area contributed by atoms with Gasteiger partial charge in [-0.05, 0) is 70.0 Å². The second kappa shape index (κ2) is 8.16. The summed E-state index contributed by atoms with van der Waals surface area (Å²) in [4.78, 5) is 4.14. The molecule has 0 aliphatic carbocycles. The lowest BCUT2D eigenvalue weighted by Crippen LogP contribution is -2.47. The van der Waals surface area contributed by atoms with Crippen LogP contribution in [0, 0.1) is 5.92 Å². The molecule has 20 heavy (non-hydrogen) atoms. The zero-order chi connectivity index (χ0) is 14.4. The van der Waals surface area contributed by atoms with Crippen molar-refractivity contribution in [1.29, 1.82) is 0 Å². The van der Waals surface area contributed by atoms with Gasteiger partial charge >= 0.3 is 0 Å². The fourth-order valence-electron chi connectivity index (χ4n) is 3.39. The Kier molecular flexibility index (Phi) is 6.53. The van der Waals surface area contributed by atoms with Gasteiger partial charge in [0.2, 0.25) is 0 Å². The van der Waals surface area contributed by atoms with E-state index in [0.29, 0.717) is 12.1 Å².